The maximum Gasteiger partial charge on any atom is 0.261 e. The van der Waals surface area contributed by atoms with Gasteiger partial charge in [-0.1, -0.05) is 23.2 Å². The lowest BCUT2D eigenvalue weighted by molar-refractivity contribution is -0.123. The summed E-state index contributed by atoms with van der Waals surface area (Å²) in [5.74, 6) is 0.210. The van der Waals surface area contributed by atoms with Crippen molar-refractivity contribution in [1.82, 2.24) is 10.3 Å². The minimum absolute atomic E-state index is 0.0491. The van der Waals surface area contributed by atoms with Crippen molar-refractivity contribution in [2.75, 3.05) is 11.3 Å². The summed E-state index contributed by atoms with van der Waals surface area (Å²) < 4.78 is 33.4. The molecule has 0 spiro atoms. The molecule has 2 aromatic carbocycles. The zero-order chi connectivity index (χ0) is 20.6. The Morgan fingerprint density at radius 3 is 2.52 bits per heavy atom. The van der Waals surface area contributed by atoms with Crippen LogP contribution in [-0.2, 0) is 14.8 Å². The molecule has 0 aliphatic heterocycles. The van der Waals surface area contributed by atoms with Crippen LogP contribution in [-0.4, -0.2) is 32.0 Å². The highest BCUT2D eigenvalue weighted by Gasteiger charge is 2.23. The normalized spacial score (nSPS) is 14.0. The Labute approximate surface area is 177 Å². The van der Waals surface area contributed by atoms with Crippen LogP contribution in [0.5, 0.6) is 5.75 Å². The molecule has 10 heteroatoms. The van der Waals surface area contributed by atoms with E-state index in [1.807, 2.05) is 0 Å². The number of ether oxygens (including phenoxy) is 1. The number of halogens is 2. The summed E-state index contributed by atoms with van der Waals surface area (Å²) in [6.45, 7) is -0.114. The van der Waals surface area contributed by atoms with Gasteiger partial charge in [-0.2, -0.15) is 0 Å². The first-order valence-electron chi connectivity index (χ1n) is 8.83. The van der Waals surface area contributed by atoms with Gasteiger partial charge in [-0.3, -0.25) is 9.52 Å². The van der Waals surface area contributed by atoms with E-state index in [9.17, 15) is 13.2 Å². The number of aromatic amines is 1. The van der Waals surface area contributed by atoms with Crippen molar-refractivity contribution in [3.63, 3.8) is 0 Å². The minimum Gasteiger partial charge on any atom is -0.484 e. The van der Waals surface area contributed by atoms with Gasteiger partial charge in [0.05, 0.1) is 26.1 Å². The molecule has 1 amide bonds. The second-order valence-corrected chi connectivity index (χ2v) is 9.19. The maximum absolute atomic E-state index is 12.7. The van der Waals surface area contributed by atoms with Crippen molar-refractivity contribution in [3.8, 4) is 5.75 Å². The van der Waals surface area contributed by atoms with E-state index in [4.69, 9.17) is 27.9 Å². The summed E-state index contributed by atoms with van der Waals surface area (Å²) in [4.78, 5) is 14.6. The number of nitrogens with one attached hydrogen (secondary N) is 3. The summed E-state index contributed by atoms with van der Waals surface area (Å²) >= 11 is 12.2. The largest absolute Gasteiger partial charge is 0.484 e. The average Bonchev–Trinajstić information content (AvgIpc) is 3.41. The molecule has 1 aliphatic carbocycles. The summed E-state index contributed by atoms with van der Waals surface area (Å²) in [5.41, 5.74) is 0.820. The summed E-state index contributed by atoms with van der Waals surface area (Å²) in [6.07, 6.45) is 3.54. The van der Waals surface area contributed by atoms with Crippen molar-refractivity contribution in [3.05, 3.63) is 52.6 Å². The van der Waals surface area contributed by atoms with E-state index in [2.05, 4.69) is 15.0 Å². The van der Waals surface area contributed by atoms with E-state index in [0.29, 0.717) is 32.4 Å². The molecule has 1 saturated carbocycles. The number of fused-ring (bicyclic) bond motifs is 1. The molecule has 4 rings (SSSR count). The monoisotopic (exact) mass is 453 g/mol. The van der Waals surface area contributed by atoms with Gasteiger partial charge in [0.25, 0.3) is 15.9 Å². The van der Waals surface area contributed by atoms with E-state index >= 15 is 0 Å². The van der Waals surface area contributed by atoms with Gasteiger partial charge in [-0.25, -0.2) is 8.42 Å². The molecule has 0 radical (unpaired) electrons. The topological polar surface area (TPSA) is 100 Å². The number of hydrogen-bond acceptors (Lipinski definition) is 4. The van der Waals surface area contributed by atoms with Crippen molar-refractivity contribution in [1.29, 1.82) is 0 Å². The number of anilines is 1. The fourth-order valence-corrected chi connectivity index (χ4v) is 4.45. The first kappa shape index (κ1) is 19.9. The molecular weight excluding hydrogens is 437 g/mol. The molecule has 1 aliphatic rings. The number of aromatic nitrogens is 1. The van der Waals surface area contributed by atoms with Gasteiger partial charge in [-0.15, -0.1) is 0 Å². The van der Waals surface area contributed by atoms with Crippen LogP contribution in [0.2, 0.25) is 10.0 Å². The second-order valence-electron chi connectivity index (χ2n) is 6.69. The Bertz CT molecular complexity index is 1170. The molecule has 3 aromatic rings. The van der Waals surface area contributed by atoms with Gasteiger partial charge < -0.3 is 15.0 Å². The number of rotatable bonds is 7. The summed E-state index contributed by atoms with van der Waals surface area (Å²) in [6, 6.07) is 9.22. The first-order valence-corrected chi connectivity index (χ1v) is 11.1. The third-order valence-electron chi connectivity index (χ3n) is 4.43. The highest BCUT2D eigenvalue weighted by Crippen LogP contribution is 2.35. The molecular formula is C19H17Cl2N3O4S. The van der Waals surface area contributed by atoms with E-state index in [1.165, 1.54) is 24.3 Å². The van der Waals surface area contributed by atoms with Crippen LogP contribution >= 0.6 is 23.2 Å². The van der Waals surface area contributed by atoms with Crippen LogP contribution < -0.4 is 14.8 Å². The van der Waals surface area contributed by atoms with Gasteiger partial charge >= 0.3 is 0 Å². The third-order valence-corrected chi connectivity index (χ3v) is 6.42. The zero-order valence-corrected chi connectivity index (χ0v) is 17.4. The Hall–Kier alpha value is -2.42. The first-order chi connectivity index (χ1) is 13.8. The molecule has 0 unspecified atom stereocenters. The summed E-state index contributed by atoms with van der Waals surface area (Å²) in [7, 11) is -3.86. The molecule has 7 nitrogen and oxygen atoms in total. The molecule has 152 valence electrons. The quantitative estimate of drug-likeness (QED) is 0.504. The molecule has 1 heterocycles. The highest BCUT2D eigenvalue weighted by atomic mass is 35.5. The highest BCUT2D eigenvalue weighted by molar-refractivity contribution is 7.92. The molecule has 29 heavy (non-hydrogen) atoms. The van der Waals surface area contributed by atoms with Crippen molar-refractivity contribution >= 4 is 55.7 Å². The molecule has 1 fully saturated rings. The Balaban J connectivity index is 1.47. The SMILES string of the molecule is O=C(COc1ccc(S(=O)(=O)Nc2ccc(Cl)c3c(Cl)c[nH]c23)cc1)NC1CC1. The Morgan fingerprint density at radius 2 is 1.83 bits per heavy atom. The number of amides is 1. The number of carbonyl (C=O) groups excluding carboxylic acids is 1. The number of carbonyl (C=O) groups is 1. The van der Waals surface area contributed by atoms with Gasteiger partial charge in [0.15, 0.2) is 6.61 Å². The fraction of sp³-hybridized carbons (Fsp3) is 0.211. The number of benzene rings is 2. The molecule has 1 aromatic heterocycles. The molecule has 0 atom stereocenters. The van der Waals surface area contributed by atoms with Crippen LogP contribution in [0.15, 0.2) is 47.5 Å². The Kier molecular flexibility index (Phi) is 5.33. The van der Waals surface area contributed by atoms with Crippen LogP contribution in [0.4, 0.5) is 5.69 Å². The van der Waals surface area contributed by atoms with Gasteiger partial charge in [0.2, 0.25) is 0 Å². The lowest BCUT2D eigenvalue weighted by Gasteiger charge is -2.11. The smallest absolute Gasteiger partial charge is 0.261 e. The predicted octanol–water partition coefficient (Wildman–Crippen LogP) is 3.93. The molecule has 0 saturated heterocycles. The minimum atomic E-state index is -3.86. The molecule has 0 bridgehead atoms. The predicted molar refractivity (Wildman–Crippen MR) is 112 cm³/mol. The Morgan fingerprint density at radius 1 is 1.10 bits per heavy atom. The number of sulfonamides is 1. The average molecular weight is 454 g/mol. The number of H-pyrrole nitrogens is 1. The van der Waals surface area contributed by atoms with E-state index < -0.39 is 10.0 Å². The molecule has 3 N–H and O–H groups in total. The fourth-order valence-electron chi connectivity index (χ4n) is 2.82. The third kappa shape index (κ3) is 4.44. The lowest BCUT2D eigenvalue weighted by atomic mass is 10.2. The standard InChI is InChI=1S/C19H17Cl2N3O4S/c20-14-7-8-16(19-18(14)15(21)9-22-19)24-29(26,27)13-5-3-12(4-6-13)28-10-17(25)23-11-1-2-11/h3-9,11,22,24H,1-2,10H2,(H,23,25). The van der Waals surface area contributed by atoms with Gasteiger partial charge in [0.1, 0.15) is 5.75 Å². The summed E-state index contributed by atoms with van der Waals surface area (Å²) in [5, 5.41) is 4.18. The van der Waals surface area contributed by atoms with Crippen LogP contribution in [0.1, 0.15) is 12.8 Å². The van der Waals surface area contributed by atoms with Crippen molar-refractivity contribution < 1.29 is 17.9 Å². The van der Waals surface area contributed by atoms with Crippen LogP contribution in [0.3, 0.4) is 0 Å². The zero-order valence-electron chi connectivity index (χ0n) is 15.0. The van der Waals surface area contributed by atoms with Crippen LogP contribution in [0.25, 0.3) is 10.9 Å². The van der Waals surface area contributed by atoms with E-state index in [1.54, 1.807) is 18.3 Å². The van der Waals surface area contributed by atoms with Crippen LogP contribution in [0, 0.1) is 0 Å². The van der Waals surface area contributed by atoms with Crippen molar-refractivity contribution in [2.45, 2.75) is 23.8 Å². The van der Waals surface area contributed by atoms with Gasteiger partial charge in [-0.05, 0) is 49.2 Å². The lowest BCUT2D eigenvalue weighted by Crippen LogP contribution is -2.30. The second kappa shape index (κ2) is 7.78. The van der Waals surface area contributed by atoms with E-state index in [0.717, 1.165) is 12.8 Å². The van der Waals surface area contributed by atoms with Gasteiger partial charge in [0, 0.05) is 17.6 Å². The maximum atomic E-state index is 12.7. The van der Waals surface area contributed by atoms with E-state index in [-0.39, 0.29) is 23.5 Å². The number of hydrogen-bond donors (Lipinski definition) is 3. The van der Waals surface area contributed by atoms with Crippen molar-refractivity contribution in [2.24, 2.45) is 0 Å².